The van der Waals surface area contributed by atoms with Crippen LogP contribution in [0.4, 0.5) is 5.69 Å². The molecule has 1 saturated heterocycles. The van der Waals surface area contributed by atoms with E-state index in [1.54, 1.807) is 30.8 Å². The zero-order valence-corrected chi connectivity index (χ0v) is 21.9. The molecule has 2 aromatic carbocycles. The number of thiocarbonyl (C=S) groups is 1. The molecule has 5 rings (SSSR count). The van der Waals surface area contributed by atoms with E-state index in [0.717, 1.165) is 5.56 Å². The van der Waals surface area contributed by atoms with Crippen LogP contribution in [-0.2, 0) is 16.6 Å². The van der Waals surface area contributed by atoms with E-state index in [9.17, 15) is 14.4 Å². The summed E-state index contributed by atoms with van der Waals surface area (Å²) in [5, 5.41) is 2.75. The van der Waals surface area contributed by atoms with Crippen LogP contribution < -0.4 is 20.3 Å². The lowest BCUT2D eigenvalue weighted by Crippen LogP contribution is -2.30. The highest BCUT2D eigenvalue weighted by Crippen LogP contribution is 2.36. The second kappa shape index (κ2) is 10.3. The minimum absolute atomic E-state index is 0.136. The number of para-hydroxylation sites is 1. The Hall–Kier alpha value is -3.83. The van der Waals surface area contributed by atoms with Crippen LogP contribution in [-0.4, -0.2) is 43.7 Å². The molecule has 3 heterocycles. The zero-order valence-electron chi connectivity index (χ0n) is 20.2. The standard InChI is InChI=1S/C26H24N4O5S2/c1-16-23(25(33)30(28(16)2)18-7-4-3-5-8-18)27-22(31)9-6-12-29-24(32)21(37-26(29)36)14-17-10-11-19-20(13-17)35-15-34-19/h3-5,7-8,10-11,13-14H,6,9,12,15H2,1-2H3,(H,27,31). The molecule has 1 fully saturated rings. The molecule has 1 N–H and O–H groups in total. The minimum Gasteiger partial charge on any atom is -0.454 e. The van der Waals surface area contributed by atoms with E-state index >= 15 is 0 Å². The number of rotatable bonds is 7. The SMILES string of the molecule is Cc1c(NC(=O)CCCN2C(=O)C(=Cc3ccc4c(c3)OCO4)SC2=S)c(=O)n(-c2ccccc2)n1C. The van der Waals surface area contributed by atoms with Crippen LogP contribution in [0, 0.1) is 6.92 Å². The van der Waals surface area contributed by atoms with Crippen LogP contribution in [0.15, 0.2) is 58.2 Å². The highest BCUT2D eigenvalue weighted by Gasteiger charge is 2.32. The van der Waals surface area contributed by atoms with E-state index in [0.29, 0.717) is 45.1 Å². The number of carbonyl (C=O) groups is 2. The molecule has 2 aliphatic heterocycles. The summed E-state index contributed by atoms with van der Waals surface area (Å²) in [6, 6.07) is 14.7. The van der Waals surface area contributed by atoms with Crippen molar-refractivity contribution in [2.24, 2.45) is 7.05 Å². The summed E-state index contributed by atoms with van der Waals surface area (Å²) in [6.07, 6.45) is 2.30. The van der Waals surface area contributed by atoms with E-state index in [4.69, 9.17) is 21.7 Å². The highest BCUT2D eigenvalue weighted by atomic mass is 32.2. The van der Waals surface area contributed by atoms with Crippen molar-refractivity contribution in [3.63, 3.8) is 0 Å². The van der Waals surface area contributed by atoms with E-state index in [2.05, 4.69) is 5.32 Å². The monoisotopic (exact) mass is 536 g/mol. The number of thioether (sulfide) groups is 1. The third-order valence-corrected chi connectivity index (χ3v) is 7.55. The molecule has 37 heavy (non-hydrogen) atoms. The number of hydrogen-bond donors (Lipinski definition) is 1. The molecule has 0 saturated carbocycles. The third-order valence-electron chi connectivity index (χ3n) is 6.17. The Bertz CT molecular complexity index is 1490. The lowest BCUT2D eigenvalue weighted by Gasteiger charge is -2.14. The van der Waals surface area contributed by atoms with Crippen LogP contribution in [0.1, 0.15) is 24.1 Å². The van der Waals surface area contributed by atoms with Gasteiger partial charge in [-0.3, -0.25) is 24.0 Å². The maximum absolute atomic E-state index is 13.0. The molecule has 2 amide bonds. The topological polar surface area (TPSA) is 94.8 Å². The Morgan fingerprint density at radius 3 is 2.68 bits per heavy atom. The Labute approximate surface area is 222 Å². The minimum atomic E-state index is -0.301. The van der Waals surface area contributed by atoms with Crippen molar-refractivity contribution >= 4 is 51.9 Å². The number of nitrogens with one attached hydrogen (secondary N) is 1. The maximum Gasteiger partial charge on any atom is 0.295 e. The van der Waals surface area contributed by atoms with Crippen LogP contribution in [0.5, 0.6) is 11.5 Å². The van der Waals surface area contributed by atoms with E-state index in [1.807, 2.05) is 42.5 Å². The summed E-state index contributed by atoms with van der Waals surface area (Å²) >= 11 is 6.63. The van der Waals surface area contributed by atoms with Gasteiger partial charge >= 0.3 is 0 Å². The Morgan fingerprint density at radius 1 is 1.14 bits per heavy atom. The molecule has 2 aliphatic rings. The Kier molecular flexibility index (Phi) is 6.90. The maximum atomic E-state index is 13.0. The lowest BCUT2D eigenvalue weighted by atomic mass is 10.2. The van der Waals surface area contributed by atoms with E-state index in [1.165, 1.54) is 21.3 Å². The van der Waals surface area contributed by atoms with Crippen molar-refractivity contribution in [3.05, 3.63) is 75.0 Å². The Balaban J connectivity index is 1.20. The summed E-state index contributed by atoms with van der Waals surface area (Å²) in [6.45, 7) is 2.27. The van der Waals surface area contributed by atoms with Gasteiger partial charge in [-0.25, -0.2) is 4.68 Å². The van der Waals surface area contributed by atoms with Gasteiger partial charge in [-0.1, -0.05) is 48.2 Å². The molecular weight excluding hydrogens is 512 g/mol. The van der Waals surface area contributed by atoms with Gasteiger partial charge in [0.25, 0.3) is 11.5 Å². The van der Waals surface area contributed by atoms with Gasteiger partial charge in [0.2, 0.25) is 12.7 Å². The molecule has 1 aromatic heterocycles. The summed E-state index contributed by atoms with van der Waals surface area (Å²) in [4.78, 5) is 40.6. The molecule has 0 radical (unpaired) electrons. The van der Waals surface area contributed by atoms with Gasteiger partial charge in [0.05, 0.1) is 16.3 Å². The van der Waals surface area contributed by atoms with Crippen molar-refractivity contribution in [2.45, 2.75) is 19.8 Å². The van der Waals surface area contributed by atoms with E-state index < -0.39 is 0 Å². The third kappa shape index (κ3) is 4.92. The molecule has 9 nitrogen and oxygen atoms in total. The first-order chi connectivity index (χ1) is 17.8. The van der Waals surface area contributed by atoms with Crippen LogP contribution in [0.2, 0.25) is 0 Å². The summed E-state index contributed by atoms with van der Waals surface area (Å²) < 4.78 is 14.4. The predicted molar refractivity (Wildman–Crippen MR) is 146 cm³/mol. The van der Waals surface area contributed by atoms with Gasteiger partial charge in [-0.2, -0.15) is 0 Å². The fourth-order valence-electron chi connectivity index (χ4n) is 4.16. The Morgan fingerprint density at radius 2 is 1.89 bits per heavy atom. The first kappa shape index (κ1) is 24.8. The predicted octanol–water partition coefficient (Wildman–Crippen LogP) is 3.83. The number of aromatic nitrogens is 2. The highest BCUT2D eigenvalue weighted by molar-refractivity contribution is 8.26. The number of hydrogen-bond acceptors (Lipinski definition) is 7. The quantitative estimate of drug-likeness (QED) is 0.362. The lowest BCUT2D eigenvalue weighted by molar-refractivity contribution is -0.122. The van der Waals surface area contributed by atoms with Gasteiger partial charge in [0, 0.05) is 20.0 Å². The largest absolute Gasteiger partial charge is 0.454 e. The average molecular weight is 537 g/mol. The van der Waals surface area contributed by atoms with Crippen molar-refractivity contribution in [1.29, 1.82) is 0 Å². The molecule has 0 aliphatic carbocycles. The number of nitrogens with zero attached hydrogens (tertiary/aromatic N) is 3. The number of benzene rings is 2. The van der Waals surface area contributed by atoms with Crippen molar-refractivity contribution in [1.82, 2.24) is 14.3 Å². The molecular formula is C26H24N4O5S2. The molecule has 3 aromatic rings. The number of carbonyl (C=O) groups excluding carboxylic acids is 2. The molecule has 190 valence electrons. The average Bonchev–Trinajstić information content (AvgIpc) is 3.52. The number of amides is 2. The molecule has 0 bridgehead atoms. The fourth-order valence-corrected chi connectivity index (χ4v) is 5.47. The van der Waals surface area contributed by atoms with E-state index in [-0.39, 0.29) is 36.3 Å². The second-order valence-corrected chi connectivity index (χ2v) is 10.2. The molecule has 0 atom stereocenters. The van der Waals surface area contributed by atoms with Gasteiger partial charge in [-0.15, -0.1) is 0 Å². The van der Waals surface area contributed by atoms with Crippen molar-refractivity contribution < 1.29 is 19.1 Å². The second-order valence-electron chi connectivity index (χ2n) is 8.53. The van der Waals surface area contributed by atoms with Crippen LogP contribution >= 0.6 is 24.0 Å². The van der Waals surface area contributed by atoms with Gasteiger partial charge in [0.1, 0.15) is 10.0 Å². The number of anilines is 1. The van der Waals surface area contributed by atoms with Gasteiger partial charge in [-0.05, 0) is 49.2 Å². The van der Waals surface area contributed by atoms with Gasteiger partial charge in [0.15, 0.2) is 11.5 Å². The molecule has 0 unspecified atom stereocenters. The fraction of sp³-hybridized carbons (Fsp3) is 0.231. The number of ether oxygens (including phenoxy) is 2. The molecule has 11 heteroatoms. The first-order valence-corrected chi connectivity index (χ1v) is 12.8. The summed E-state index contributed by atoms with van der Waals surface area (Å²) in [5.41, 5.74) is 2.11. The molecule has 0 spiro atoms. The first-order valence-electron chi connectivity index (χ1n) is 11.6. The van der Waals surface area contributed by atoms with Crippen LogP contribution in [0.3, 0.4) is 0 Å². The zero-order chi connectivity index (χ0) is 26.1. The van der Waals surface area contributed by atoms with Crippen molar-refractivity contribution in [3.8, 4) is 17.2 Å². The summed E-state index contributed by atoms with van der Waals surface area (Å²) in [7, 11) is 1.77. The summed E-state index contributed by atoms with van der Waals surface area (Å²) in [5.74, 6) is 0.817. The normalized spacial score (nSPS) is 15.6. The van der Waals surface area contributed by atoms with Crippen LogP contribution in [0.25, 0.3) is 11.8 Å². The number of fused-ring (bicyclic) bond motifs is 1. The van der Waals surface area contributed by atoms with Crippen molar-refractivity contribution in [2.75, 3.05) is 18.7 Å². The smallest absolute Gasteiger partial charge is 0.295 e. The van der Waals surface area contributed by atoms with Gasteiger partial charge < -0.3 is 14.8 Å².